The zero-order valence-corrected chi connectivity index (χ0v) is 13.0. The van der Waals surface area contributed by atoms with E-state index in [1.807, 2.05) is 0 Å². The minimum absolute atomic E-state index is 0.296. The maximum Gasteiger partial charge on any atom is 0.372 e. The summed E-state index contributed by atoms with van der Waals surface area (Å²) < 4.78 is 0. The Kier molecular flexibility index (Phi) is 16.8. The first-order chi connectivity index (χ1) is 11.8. The molecule has 0 aromatic carbocycles. The maximum atomic E-state index is 10.2. The molecule has 0 aliphatic heterocycles. The molecule has 0 rings (SSSR count). The lowest BCUT2D eigenvalue weighted by Crippen LogP contribution is -2.13. The highest BCUT2D eigenvalue weighted by Crippen LogP contribution is 1.90. The molecule has 0 aliphatic rings. The van der Waals surface area contributed by atoms with Gasteiger partial charge in [-0.3, -0.25) is 19.2 Å². The van der Waals surface area contributed by atoms with Crippen molar-refractivity contribution in [1.29, 1.82) is 0 Å². The van der Waals surface area contributed by atoms with Crippen LogP contribution in [0.2, 0.25) is 0 Å². The van der Waals surface area contributed by atoms with Crippen LogP contribution in [0.25, 0.3) is 0 Å². The van der Waals surface area contributed by atoms with Crippen LogP contribution in [0.5, 0.6) is 0 Å². The summed E-state index contributed by atoms with van der Waals surface area (Å²) in [5.74, 6) is -8.49. The van der Waals surface area contributed by atoms with Gasteiger partial charge in [0, 0.05) is 18.6 Å². The third kappa shape index (κ3) is 32.3. The second kappa shape index (κ2) is 16.1. The highest BCUT2D eigenvalue weighted by Gasteiger charge is 2.12. The van der Waals surface area contributed by atoms with Crippen molar-refractivity contribution >= 4 is 41.6 Å². The quantitative estimate of drug-likeness (QED) is 0.211. The lowest BCUT2D eigenvalue weighted by atomic mass is 10.2. The molecule has 0 spiro atoms. The highest BCUT2D eigenvalue weighted by atomic mass is 16.4. The normalized spacial score (nSPS) is 8.92. The minimum Gasteiger partial charge on any atom is -0.481 e. The molecule has 0 fully saturated rings. The predicted molar refractivity (Wildman–Crippen MR) is 78.4 cm³/mol. The topological polar surface area (TPSA) is 241 Å². The molecule has 0 saturated carbocycles. The average molecular weight is 380 g/mol. The van der Waals surface area contributed by atoms with Gasteiger partial charge in [0.05, 0.1) is 19.3 Å². The number of aliphatic carboxylic acids is 6. The number of hydrogen-bond donors (Lipinski definition) is 6. The van der Waals surface area contributed by atoms with E-state index in [0.717, 1.165) is 0 Å². The first-order valence-corrected chi connectivity index (χ1v) is 6.35. The number of rotatable bonds is 9. The van der Waals surface area contributed by atoms with Gasteiger partial charge in [0.1, 0.15) is 0 Å². The van der Waals surface area contributed by atoms with Gasteiger partial charge in [0.2, 0.25) is 5.78 Å². The Morgan fingerprint density at radius 1 is 0.500 bits per heavy atom. The first kappa shape index (κ1) is 27.1. The molecule has 0 atom stereocenters. The van der Waals surface area contributed by atoms with E-state index >= 15 is 0 Å². The fraction of sp³-hybridized carbons (Fsp3) is 0.308. The largest absolute Gasteiger partial charge is 0.481 e. The van der Waals surface area contributed by atoms with Crippen molar-refractivity contribution in [3.05, 3.63) is 12.2 Å². The molecule has 0 amide bonds. The number of carbonyl (C=O) groups is 7. The third-order valence-electron chi connectivity index (χ3n) is 1.73. The van der Waals surface area contributed by atoms with E-state index in [0.29, 0.717) is 12.2 Å². The summed E-state index contributed by atoms with van der Waals surface area (Å²) in [7, 11) is 0. The van der Waals surface area contributed by atoms with Crippen molar-refractivity contribution < 1.29 is 64.2 Å². The maximum absolute atomic E-state index is 10.2. The summed E-state index contributed by atoms with van der Waals surface area (Å²) in [5, 5.41) is 47.4. The van der Waals surface area contributed by atoms with Crippen LogP contribution in [0.3, 0.4) is 0 Å². The van der Waals surface area contributed by atoms with Crippen LogP contribution >= 0.6 is 0 Å². The summed E-state index contributed by atoms with van der Waals surface area (Å²) in [6.45, 7) is 0. The molecule has 0 bridgehead atoms. The Labute approximate surface area is 144 Å². The summed E-state index contributed by atoms with van der Waals surface area (Å²) in [6, 6.07) is 0. The number of ketones is 1. The van der Waals surface area contributed by atoms with Crippen molar-refractivity contribution in [2.75, 3.05) is 0 Å². The van der Waals surface area contributed by atoms with E-state index in [-0.39, 0.29) is 12.8 Å². The fourth-order valence-electron chi connectivity index (χ4n) is 0.684. The van der Waals surface area contributed by atoms with E-state index in [1.54, 1.807) is 0 Å². The number of Topliss-reactive ketones (excluding diaryl/α,β-unsaturated/α-hetero) is 1. The lowest BCUT2D eigenvalue weighted by Gasteiger charge is -1.88. The molecule has 0 aromatic rings. The standard InChI is InChI=1S/C5H6O5.C4H6O4.C4H4O4/c6-3(5(9)10)1-2-4(7)8;2*5-3(6)1-2-4(7)8/h1-2H2,(H,7,8)(H,9,10);1-2H2,(H,5,6)(H,7,8);1-2H,(H,5,6)(H,7,8)/b;;2-1+. The van der Waals surface area contributed by atoms with Gasteiger partial charge in [0.15, 0.2) is 0 Å². The minimum atomic E-state index is -1.58. The summed E-state index contributed by atoms with van der Waals surface area (Å²) in [4.78, 5) is 68.1. The van der Waals surface area contributed by atoms with Gasteiger partial charge in [-0.1, -0.05) is 0 Å². The molecule has 26 heavy (non-hydrogen) atoms. The molecule has 6 N–H and O–H groups in total. The number of hydrogen-bond acceptors (Lipinski definition) is 7. The van der Waals surface area contributed by atoms with Crippen molar-refractivity contribution in [3.8, 4) is 0 Å². The molecular weight excluding hydrogens is 364 g/mol. The van der Waals surface area contributed by atoms with Crippen LogP contribution in [0, 0.1) is 0 Å². The third-order valence-corrected chi connectivity index (χ3v) is 1.73. The van der Waals surface area contributed by atoms with Gasteiger partial charge in [-0.2, -0.15) is 0 Å². The van der Waals surface area contributed by atoms with Crippen LogP contribution in [-0.2, 0) is 33.6 Å². The first-order valence-electron chi connectivity index (χ1n) is 6.35. The molecular formula is C13H16O13. The van der Waals surface area contributed by atoms with Gasteiger partial charge in [-0.05, 0) is 0 Å². The van der Waals surface area contributed by atoms with Crippen LogP contribution < -0.4 is 0 Å². The number of carboxylic acids is 6. The zero-order chi connectivity index (χ0) is 21.3. The Balaban J connectivity index is -0.000000308. The lowest BCUT2D eigenvalue weighted by molar-refractivity contribution is -0.150. The van der Waals surface area contributed by atoms with Gasteiger partial charge >= 0.3 is 35.8 Å². The second-order valence-electron chi connectivity index (χ2n) is 3.92. The summed E-state index contributed by atoms with van der Waals surface area (Å²) in [6.07, 6.45) is -0.342. The van der Waals surface area contributed by atoms with Crippen LogP contribution in [0.4, 0.5) is 0 Å². The Morgan fingerprint density at radius 2 is 0.769 bits per heavy atom. The molecule has 146 valence electrons. The van der Waals surface area contributed by atoms with Crippen molar-refractivity contribution in [2.45, 2.75) is 25.7 Å². The molecule has 0 saturated heterocycles. The Bertz CT molecular complexity index is 543. The van der Waals surface area contributed by atoms with E-state index in [9.17, 15) is 33.6 Å². The predicted octanol–water partition coefficient (Wildman–Crippen LogP) is -0.847. The zero-order valence-electron chi connectivity index (χ0n) is 13.0. The molecule has 0 aromatic heterocycles. The van der Waals surface area contributed by atoms with Crippen molar-refractivity contribution in [3.63, 3.8) is 0 Å². The highest BCUT2D eigenvalue weighted by molar-refractivity contribution is 6.32. The molecule has 0 aliphatic carbocycles. The van der Waals surface area contributed by atoms with Gasteiger partial charge in [-0.15, -0.1) is 0 Å². The van der Waals surface area contributed by atoms with Crippen LogP contribution in [-0.4, -0.2) is 72.2 Å². The van der Waals surface area contributed by atoms with Crippen molar-refractivity contribution in [1.82, 2.24) is 0 Å². The summed E-state index contributed by atoms with van der Waals surface area (Å²) >= 11 is 0. The van der Waals surface area contributed by atoms with E-state index < -0.39 is 54.4 Å². The molecule has 0 unspecified atom stereocenters. The average Bonchev–Trinajstić information content (AvgIpc) is 2.49. The van der Waals surface area contributed by atoms with E-state index in [1.165, 1.54) is 0 Å². The smallest absolute Gasteiger partial charge is 0.372 e. The van der Waals surface area contributed by atoms with Crippen LogP contribution in [0.1, 0.15) is 25.7 Å². The Hall–Kier alpha value is -3.77. The van der Waals surface area contributed by atoms with Gasteiger partial charge in [-0.25, -0.2) is 14.4 Å². The molecule has 0 radical (unpaired) electrons. The number of carbonyl (C=O) groups excluding carboxylic acids is 1. The van der Waals surface area contributed by atoms with E-state index in [4.69, 9.17) is 30.6 Å². The van der Waals surface area contributed by atoms with Gasteiger partial charge < -0.3 is 30.6 Å². The number of carboxylic acid groups (broad SMARTS) is 6. The van der Waals surface area contributed by atoms with Gasteiger partial charge in [0.25, 0.3) is 0 Å². The monoisotopic (exact) mass is 380 g/mol. The van der Waals surface area contributed by atoms with E-state index in [2.05, 4.69) is 0 Å². The molecule has 13 nitrogen and oxygen atoms in total. The molecule has 0 heterocycles. The fourth-order valence-corrected chi connectivity index (χ4v) is 0.684. The van der Waals surface area contributed by atoms with Crippen molar-refractivity contribution in [2.24, 2.45) is 0 Å². The summed E-state index contributed by atoms with van der Waals surface area (Å²) in [5.41, 5.74) is 0. The SMILES string of the molecule is O=C(O)/C=C/C(=O)O.O=C(O)CCC(=O)C(=O)O.O=C(O)CCC(=O)O. The molecule has 13 heteroatoms. The Morgan fingerprint density at radius 3 is 0.962 bits per heavy atom. The second-order valence-corrected chi connectivity index (χ2v) is 3.92. The van der Waals surface area contributed by atoms with Crippen LogP contribution in [0.15, 0.2) is 12.2 Å².